The molecule has 3 rings (SSSR count). The summed E-state index contributed by atoms with van der Waals surface area (Å²) in [6.07, 6.45) is 1.43. The lowest BCUT2D eigenvalue weighted by Gasteiger charge is -2.10. The Morgan fingerprint density at radius 2 is 1.82 bits per heavy atom. The van der Waals surface area contributed by atoms with Crippen LogP contribution in [0.25, 0.3) is 11.0 Å². The van der Waals surface area contributed by atoms with E-state index in [1.807, 2.05) is 48.5 Å². The Balaban J connectivity index is 1.75. The first-order valence-corrected chi connectivity index (χ1v) is 10.4. The van der Waals surface area contributed by atoms with E-state index in [-0.39, 0.29) is 5.91 Å². The summed E-state index contributed by atoms with van der Waals surface area (Å²) in [6, 6.07) is 15.5. The molecule has 2 aromatic carbocycles. The van der Waals surface area contributed by atoms with Crippen molar-refractivity contribution in [1.29, 1.82) is 0 Å². The fourth-order valence-corrected chi connectivity index (χ4v) is 3.62. The van der Waals surface area contributed by atoms with Gasteiger partial charge >= 0.3 is 0 Å². The second kappa shape index (κ2) is 10.4. The normalized spacial score (nSPS) is 10.9. The lowest BCUT2D eigenvalue weighted by Crippen LogP contribution is -2.26. The van der Waals surface area contributed by atoms with Gasteiger partial charge in [0.2, 0.25) is 5.91 Å². The molecule has 1 amide bonds. The number of carbonyl (C=O) groups is 1. The predicted molar refractivity (Wildman–Crippen MR) is 114 cm³/mol. The molecule has 0 radical (unpaired) electrons. The number of halogens is 1. The summed E-state index contributed by atoms with van der Waals surface area (Å²) in [5, 5.41) is 4.38. The van der Waals surface area contributed by atoms with E-state index < -0.39 is 0 Å². The molecule has 1 N–H and O–H groups in total. The van der Waals surface area contributed by atoms with E-state index >= 15 is 0 Å². The predicted octanol–water partition coefficient (Wildman–Crippen LogP) is 4.12. The lowest BCUT2D eigenvalue weighted by atomic mass is 10.1. The number of rotatable bonds is 9. The Kier molecular flexibility index (Phi) is 7.65. The molecule has 0 aliphatic carbocycles. The maximum Gasteiger partial charge on any atom is 0.230 e. The van der Waals surface area contributed by atoms with Crippen molar-refractivity contribution in [3.63, 3.8) is 0 Å². The lowest BCUT2D eigenvalue weighted by molar-refractivity contribution is -0.118. The Morgan fingerprint density at radius 3 is 2.54 bits per heavy atom. The van der Waals surface area contributed by atoms with Gasteiger partial charge < -0.3 is 10.1 Å². The minimum atomic E-state index is -0.0199. The van der Waals surface area contributed by atoms with Crippen LogP contribution in [0.5, 0.6) is 0 Å². The van der Waals surface area contributed by atoms with Crippen LogP contribution in [0.15, 0.2) is 53.6 Å². The highest BCUT2D eigenvalue weighted by molar-refractivity contribution is 7.99. The van der Waals surface area contributed by atoms with E-state index in [0.29, 0.717) is 30.3 Å². The summed E-state index contributed by atoms with van der Waals surface area (Å²) in [4.78, 5) is 21.7. The zero-order valence-electron chi connectivity index (χ0n) is 15.7. The maximum atomic E-state index is 12.1. The largest absolute Gasteiger partial charge is 0.385 e. The van der Waals surface area contributed by atoms with Gasteiger partial charge in [-0.1, -0.05) is 47.6 Å². The molecule has 146 valence electrons. The number of hydrogen-bond acceptors (Lipinski definition) is 5. The van der Waals surface area contributed by atoms with Crippen molar-refractivity contribution in [2.45, 2.75) is 17.9 Å². The summed E-state index contributed by atoms with van der Waals surface area (Å²) >= 11 is 7.40. The molecule has 0 aliphatic rings. The van der Waals surface area contributed by atoms with Gasteiger partial charge in [0.1, 0.15) is 5.03 Å². The van der Waals surface area contributed by atoms with E-state index in [9.17, 15) is 4.79 Å². The number of carbonyl (C=O) groups excluding carboxylic acids is 1. The number of amides is 1. The smallest absolute Gasteiger partial charge is 0.230 e. The molecule has 1 aromatic heterocycles. The van der Waals surface area contributed by atoms with Crippen molar-refractivity contribution in [2.75, 3.05) is 26.0 Å². The molecule has 0 saturated heterocycles. The Hall–Kier alpha value is -2.15. The van der Waals surface area contributed by atoms with Crippen LogP contribution in [0.1, 0.15) is 17.7 Å². The second-order valence-electron chi connectivity index (χ2n) is 6.25. The minimum absolute atomic E-state index is 0.0199. The molecule has 5 nitrogen and oxygen atoms in total. The minimum Gasteiger partial charge on any atom is -0.385 e. The van der Waals surface area contributed by atoms with Crippen molar-refractivity contribution in [2.24, 2.45) is 0 Å². The van der Waals surface area contributed by atoms with Crippen LogP contribution in [-0.2, 0) is 16.0 Å². The second-order valence-corrected chi connectivity index (χ2v) is 7.65. The molecular formula is C21H22ClN3O2S. The van der Waals surface area contributed by atoms with Crippen molar-refractivity contribution in [3.05, 3.63) is 64.8 Å². The highest BCUT2D eigenvalue weighted by atomic mass is 35.5. The van der Waals surface area contributed by atoms with Crippen molar-refractivity contribution in [3.8, 4) is 0 Å². The zero-order chi connectivity index (χ0) is 19.8. The van der Waals surface area contributed by atoms with Gasteiger partial charge in [-0.25, -0.2) is 9.97 Å². The van der Waals surface area contributed by atoms with Gasteiger partial charge in [-0.05, 0) is 36.2 Å². The highest BCUT2D eigenvalue weighted by Crippen LogP contribution is 2.25. The Morgan fingerprint density at radius 1 is 1.11 bits per heavy atom. The van der Waals surface area contributed by atoms with Gasteiger partial charge in [0, 0.05) is 31.7 Å². The number of nitrogens with zero attached hydrogens (tertiary/aromatic N) is 2. The number of ether oxygens (including phenoxy) is 1. The SMILES string of the molecule is COCCCNC(=O)CSc1nc2ccccc2nc1Cc1ccc(Cl)cc1. The molecule has 1 heterocycles. The van der Waals surface area contributed by atoms with Crippen molar-refractivity contribution in [1.82, 2.24) is 15.3 Å². The van der Waals surface area contributed by atoms with E-state index in [0.717, 1.165) is 33.7 Å². The zero-order valence-corrected chi connectivity index (χ0v) is 17.2. The van der Waals surface area contributed by atoms with E-state index in [1.165, 1.54) is 11.8 Å². The van der Waals surface area contributed by atoms with Gasteiger partial charge in [-0.3, -0.25) is 4.79 Å². The van der Waals surface area contributed by atoms with Crippen molar-refractivity contribution >= 4 is 40.3 Å². The molecule has 0 atom stereocenters. The third-order valence-corrected chi connectivity index (χ3v) is 5.34. The molecule has 28 heavy (non-hydrogen) atoms. The van der Waals surface area contributed by atoms with Crippen molar-refractivity contribution < 1.29 is 9.53 Å². The number of hydrogen-bond donors (Lipinski definition) is 1. The average Bonchev–Trinajstić information content (AvgIpc) is 2.71. The topological polar surface area (TPSA) is 64.1 Å². The number of para-hydroxylation sites is 2. The number of thioether (sulfide) groups is 1. The number of benzene rings is 2. The van der Waals surface area contributed by atoms with Gasteiger partial charge in [-0.15, -0.1) is 0 Å². The van der Waals surface area contributed by atoms with Crippen LogP contribution in [0, 0.1) is 0 Å². The summed E-state index contributed by atoms with van der Waals surface area (Å²) in [5.74, 6) is 0.279. The first-order chi connectivity index (χ1) is 13.7. The van der Waals surface area contributed by atoms with Crippen LogP contribution in [0.2, 0.25) is 5.02 Å². The quantitative estimate of drug-likeness (QED) is 0.420. The van der Waals surface area contributed by atoms with Gasteiger partial charge in [0.05, 0.1) is 22.5 Å². The first kappa shape index (κ1) is 20.6. The fourth-order valence-electron chi connectivity index (χ4n) is 2.68. The van der Waals surface area contributed by atoms with Gasteiger partial charge in [0.25, 0.3) is 0 Å². The molecule has 0 unspecified atom stereocenters. The number of nitrogens with one attached hydrogen (secondary N) is 1. The Bertz CT molecular complexity index is 935. The van der Waals surface area contributed by atoms with Crippen LogP contribution >= 0.6 is 23.4 Å². The summed E-state index contributed by atoms with van der Waals surface area (Å²) in [7, 11) is 1.65. The van der Waals surface area contributed by atoms with Crippen LogP contribution in [0.4, 0.5) is 0 Å². The Labute approximate surface area is 173 Å². The molecular weight excluding hydrogens is 394 g/mol. The average molecular weight is 416 g/mol. The summed E-state index contributed by atoms with van der Waals surface area (Å²) in [5.41, 5.74) is 3.63. The first-order valence-electron chi connectivity index (χ1n) is 9.04. The van der Waals surface area contributed by atoms with Crippen LogP contribution < -0.4 is 5.32 Å². The third-order valence-electron chi connectivity index (χ3n) is 4.08. The summed E-state index contributed by atoms with van der Waals surface area (Å²) < 4.78 is 4.99. The molecule has 3 aromatic rings. The van der Waals surface area contributed by atoms with Gasteiger partial charge in [0.15, 0.2) is 0 Å². The molecule has 7 heteroatoms. The third kappa shape index (κ3) is 5.92. The molecule has 0 saturated carbocycles. The van der Waals surface area contributed by atoms with Crippen LogP contribution in [-0.4, -0.2) is 41.9 Å². The number of methoxy groups -OCH3 is 1. The maximum absolute atomic E-state index is 12.1. The highest BCUT2D eigenvalue weighted by Gasteiger charge is 2.12. The summed E-state index contributed by atoms with van der Waals surface area (Å²) in [6.45, 7) is 1.24. The van der Waals surface area contributed by atoms with E-state index in [4.69, 9.17) is 26.3 Å². The van der Waals surface area contributed by atoms with E-state index in [2.05, 4.69) is 5.32 Å². The number of fused-ring (bicyclic) bond motifs is 1. The van der Waals surface area contributed by atoms with E-state index in [1.54, 1.807) is 7.11 Å². The molecule has 0 spiro atoms. The molecule has 0 aliphatic heterocycles. The molecule has 0 bridgehead atoms. The fraction of sp³-hybridized carbons (Fsp3) is 0.286. The standard InChI is InChI=1S/C21H22ClN3O2S/c1-27-12-4-11-23-20(26)14-28-21-19(13-15-7-9-16(22)10-8-15)24-17-5-2-3-6-18(17)25-21/h2-3,5-10H,4,11-14H2,1H3,(H,23,26). The molecule has 0 fully saturated rings. The van der Waals surface area contributed by atoms with Gasteiger partial charge in [-0.2, -0.15) is 0 Å². The number of aromatic nitrogens is 2. The van der Waals surface area contributed by atoms with Crippen LogP contribution in [0.3, 0.4) is 0 Å². The monoisotopic (exact) mass is 415 g/mol.